The Hall–Kier alpha value is -2.81. The number of hydrogen-bond donors (Lipinski definition) is 0. The molecule has 9 heteroatoms. The zero-order valence-corrected chi connectivity index (χ0v) is 14.4. The second kappa shape index (κ2) is 6.98. The third kappa shape index (κ3) is 3.50. The number of carbonyl (C=O) groups is 1. The van der Waals surface area contributed by atoms with Gasteiger partial charge in [0, 0.05) is 17.0 Å². The molecule has 25 heavy (non-hydrogen) atoms. The minimum Gasteiger partial charge on any atom is -0.333 e. The van der Waals surface area contributed by atoms with Crippen LogP contribution >= 0.6 is 11.3 Å². The number of pyridine rings is 1. The van der Waals surface area contributed by atoms with Crippen molar-refractivity contribution in [2.24, 2.45) is 0 Å². The Labute approximate surface area is 148 Å². The summed E-state index contributed by atoms with van der Waals surface area (Å²) in [5, 5.41) is 16.2. The number of aromatic nitrogens is 5. The quantitative estimate of drug-likeness (QED) is 0.682. The Morgan fingerprint density at radius 1 is 1.20 bits per heavy atom. The first-order valence-electron chi connectivity index (χ1n) is 8.09. The zero-order valence-electron chi connectivity index (χ0n) is 13.6. The number of carbonyl (C=O) groups excluding carboxylic acids is 1. The van der Waals surface area contributed by atoms with Crippen LogP contribution in [-0.4, -0.2) is 57.2 Å². The van der Waals surface area contributed by atoms with Gasteiger partial charge in [-0.15, -0.1) is 10.2 Å². The molecule has 0 bridgehead atoms. The molecule has 1 fully saturated rings. The number of amides is 1. The van der Waals surface area contributed by atoms with E-state index in [4.69, 9.17) is 0 Å². The highest BCUT2D eigenvalue weighted by molar-refractivity contribution is 7.08. The van der Waals surface area contributed by atoms with E-state index in [9.17, 15) is 4.79 Å². The summed E-state index contributed by atoms with van der Waals surface area (Å²) in [6.45, 7) is 3.10. The van der Waals surface area contributed by atoms with Crippen molar-refractivity contribution >= 4 is 23.1 Å². The van der Waals surface area contributed by atoms with Gasteiger partial charge in [0.15, 0.2) is 0 Å². The molecule has 1 N–H and O–H groups in total. The lowest BCUT2D eigenvalue weighted by atomic mass is 10.3. The number of thiophene rings is 1. The highest BCUT2D eigenvalue weighted by Gasteiger charge is 2.26. The number of nitrogens with zero attached hydrogens (tertiary/aromatic N) is 6. The van der Waals surface area contributed by atoms with E-state index in [0.29, 0.717) is 18.9 Å². The lowest BCUT2D eigenvalue weighted by Gasteiger charge is -2.30. The number of nitrogens with one attached hydrogen (secondary N) is 1. The van der Waals surface area contributed by atoms with Crippen LogP contribution in [0.4, 0.5) is 5.82 Å². The average molecular weight is 356 g/mol. The molecule has 0 saturated carbocycles. The normalized spacial score (nSPS) is 14.7. The molecule has 3 aromatic heterocycles. The highest BCUT2D eigenvalue weighted by Crippen LogP contribution is 2.16. The number of piperazine rings is 1. The van der Waals surface area contributed by atoms with Crippen molar-refractivity contribution in [3.63, 3.8) is 0 Å². The molecule has 0 spiro atoms. The predicted molar refractivity (Wildman–Crippen MR) is 92.9 cm³/mol. The summed E-state index contributed by atoms with van der Waals surface area (Å²) < 4.78 is 0. The van der Waals surface area contributed by atoms with Crippen LogP contribution < -0.4 is 9.88 Å². The predicted octanol–water partition coefficient (Wildman–Crippen LogP) is 0.564. The summed E-state index contributed by atoms with van der Waals surface area (Å²) in [6, 6.07) is 7.94. The molecule has 0 aliphatic carbocycles. The van der Waals surface area contributed by atoms with Crippen molar-refractivity contribution in [3.8, 4) is 11.4 Å². The summed E-state index contributed by atoms with van der Waals surface area (Å²) in [6.07, 6.45) is 1.91. The molecule has 1 aliphatic rings. The molecule has 4 rings (SSSR count). The molecule has 3 aromatic rings. The lowest BCUT2D eigenvalue weighted by molar-refractivity contribution is -0.364. The molecule has 0 aromatic carbocycles. The molecule has 128 valence electrons. The summed E-state index contributed by atoms with van der Waals surface area (Å²) in [4.78, 5) is 21.2. The molecule has 1 aliphatic heterocycles. The van der Waals surface area contributed by atoms with Gasteiger partial charge >= 0.3 is 0 Å². The Morgan fingerprint density at radius 2 is 2.08 bits per heavy atom. The fourth-order valence-corrected chi connectivity index (χ4v) is 3.45. The first-order valence-corrected chi connectivity index (χ1v) is 9.04. The van der Waals surface area contributed by atoms with Crippen molar-refractivity contribution in [1.82, 2.24) is 25.1 Å². The van der Waals surface area contributed by atoms with Crippen molar-refractivity contribution in [1.29, 1.82) is 0 Å². The van der Waals surface area contributed by atoms with Gasteiger partial charge in [-0.3, -0.25) is 9.69 Å². The molecular formula is C16H18N7OS+. The summed E-state index contributed by atoms with van der Waals surface area (Å²) in [5.74, 6) is 1.65. The van der Waals surface area contributed by atoms with E-state index in [-0.39, 0.29) is 12.5 Å². The number of H-pyrrole nitrogens is 1. The lowest BCUT2D eigenvalue weighted by Crippen LogP contribution is -2.50. The monoisotopic (exact) mass is 356 g/mol. The van der Waals surface area contributed by atoms with Crippen LogP contribution in [0.1, 0.15) is 0 Å². The SMILES string of the molecule is O=C(Cn1nnc(-c2ccsc2)n1)N1CCN(c2cccc[nH+]2)CC1. The molecule has 0 atom stereocenters. The maximum Gasteiger partial charge on any atom is 0.274 e. The van der Waals surface area contributed by atoms with Gasteiger partial charge in [-0.2, -0.15) is 16.1 Å². The smallest absolute Gasteiger partial charge is 0.274 e. The van der Waals surface area contributed by atoms with Gasteiger partial charge < -0.3 is 4.90 Å². The molecule has 0 radical (unpaired) electrons. The van der Waals surface area contributed by atoms with E-state index in [1.165, 1.54) is 4.80 Å². The molecule has 0 unspecified atom stereocenters. The second-order valence-electron chi connectivity index (χ2n) is 5.77. The molecule has 4 heterocycles. The third-order valence-electron chi connectivity index (χ3n) is 4.17. The van der Waals surface area contributed by atoms with Gasteiger partial charge in [0.1, 0.15) is 19.6 Å². The highest BCUT2D eigenvalue weighted by atomic mass is 32.1. The number of hydrogen-bond acceptors (Lipinski definition) is 6. The van der Waals surface area contributed by atoms with E-state index in [2.05, 4.69) is 25.3 Å². The minimum absolute atomic E-state index is 0.0194. The number of anilines is 1. The van der Waals surface area contributed by atoms with Gasteiger partial charge in [0.25, 0.3) is 5.82 Å². The Morgan fingerprint density at radius 3 is 2.80 bits per heavy atom. The zero-order chi connectivity index (χ0) is 17.1. The fourth-order valence-electron chi connectivity index (χ4n) is 2.82. The number of rotatable bonds is 4. The van der Waals surface area contributed by atoms with Crippen LogP contribution in [0.3, 0.4) is 0 Å². The summed E-state index contributed by atoms with van der Waals surface area (Å²) in [5.41, 5.74) is 0.927. The summed E-state index contributed by atoms with van der Waals surface area (Å²) >= 11 is 1.58. The van der Waals surface area contributed by atoms with Crippen LogP contribution in [0.25, 0.3) is 11.4 Å². The van der Waals surface area contributed by atoms with Gasteiger partial charge in [-0.25, -0.2) is 4.98 Å². The van der Waals surface area contributed by atoms with Gasteiger partial charge in [-0.1, -0.05) is 6.07 Å². The molecule has 1 amide bonds. The van der Waals surface area contributed by atoms with Gasteiger partial charge in [0.2, 0.25) is 11.7 Å². The first-order chi connectivity index (χ1) is 12.3. The number of aromatic amines is 1. The number of tetrazole rings is 1. The average Bonchev–Trinajstić information content (AvgIpc) is 3.34. The van der Waals surface area contributed by atoms with Gasteiger partial charge in [0.05, 0.1) is 19.3 Å². The van der Waals surface area contributed by atoms with Crippen LogP contribution in [0.15, 0.2) is 41.2 Å². The van der Waals surface area contributed by atoms with Crippen LogP contribution in [0.5, 0.6) is 0 Å². The van der Waals surface area contributed by atoms with E-state index in [1.807, 2.05) is 46.1 Å². The van der Waals surface area contributed by atoms with E-state index >= 15 is 0 Å². The van der Waals surface area contributed by atoms with Crippen LogP contribution in [-0.2, 0) is 11.3 Å². The van der Waals surface area contributed by atoms with E-state index in [1.54, 1.807) is 11.3 Å². The van der Waals surface area contributed by atoms with Crippen LogP contribution in [0.2, 0.25) is 0 Å². The van der Waals surface area contributed by atoms with Gasteiger partial charge in [-0.05, 0) is 22.7 Å². The Kier molecular flexibility index (Phi) is 4.38. The first kappa shape index (κ1) is 15.7. The van der Waals surface area contributed by atoms with Crippen molar-refractivity contribution in [2.45, 2.75) is 6.54 Å². The van der Waals surface area contributed by atoms with Crippen molar-refractivity contribution in [2.75, 3.05) is 31.1 Å². The van der Waals surface area contributed by atoms with Crippen LogP contribution in [0, 0.1) is 0 Å². The Balaban J connectivity index is 1.34. The maximum absolute atomic E-state index is 12.5. The van der Waals surface area contributed by atoms with Crippen molar-refractivity contribution < 1.29 is 9.78 Å². The standard InChI is InChI=1S/C16H17N7OS/c24-15(11-23-19-16(18-20-23)13-4-10-25-12-13)22-8-6-21(7-9-22)14-3-1-2-5-17-14/h1-5,10,12H,6-9,11H2/p+1. The van der Waals surface area contributed by atoms with E-state index in [0.717, 1.165) is 24.5 Å². The molecular weight excluding hydrogens is 338 g/mol. The summed E-state index contributed by atoms with van der Waals surface area (Å²) in [7, 11) is 0. The molecule has 8 nitrogen and oxygen atoms in total. The molecule has 1 saturated heterocycles. The maximum atomic E-state index is 12.5. The largest absolute Gasteiger partial charge is 0.333 e. The minimum atomic E-state index is 0.0194. The van der Waals surface area contributed by atoms with E-state index < -0.39 is 0 Å². The topological polar surface area (TPSA) is 81.3 Å². The third-order valence-corrected chi connectivity index (χ3v) is 4.86. The fraction of sp³-hybridized carbons (Fsp3) is 0.312. The second-order valence-corrected chi connectivity index (χ2v) is 6.55. The van der Waals surface area contributed by atoms with Crippen molar-refractivity contribution in [3.05, 3.63) is 41.2 Å². The Bertz CT molecular complexity index is 825.